The van der Waals surface area contributed by atoms with E-state index in [4.69, 9.17) is 11.1 Å². The first-order valence-corrected chi connectivity index (χ1v) is 6.88. The van der Waals surface area contributed by atoms with Crippen LogP contribution in [0.25, 0.3) is 11.0 Å². The molecule has 4 N–H and O–H groups in total. The molecule has 3 rings (SSSR count). The van der Waals surface area contributed by atoms with E-state index in [0.29, 0.717) is 5.56 Å². The first-order valence-electron chi connectivity index (χ1n) is 6.07. The lowest BCUT2D eigenvalue weighted by molar-refractivity contribution is 0.691. The molecule has 0 fully saturated rings. The molecule has 0 aliphatic heterocycles. The Morgan fingerprint density at radius 1 is 1.40 bits per heavy atom. The van der Waals surface area contributed by atoms with E-state index in [1.54, 1.807) is 4.68 Å². The predicted octanol–water partition coefficient (Wildman–Crippen LogP) is 2.04. The van der Waals surface area contributed by atoms with Crippen LogP contribution in [0.4, 0.5) is 0 Å². The molecule has 0 atom stereocenters. The zero-order valence-electron chi connectivity index (χ0n) is 11.1. The molecule has 0 saturated heterocycles. The highest BCUT2D eigenvalue weighted by Gasteiger charge is 2.18. The largest absolute Gasteiger partial charge is 0.384 e. The van der Waals surface area contributed by atoms with Gasteiger partial charge in [-0.15, -0.1) is 0 Å². The maximum Gasteiger partial charge on any atom is 0.172 e. The summed E-state index contributed by atoms with van der Waals surface area (Å²) in [4.78, 5) is 7.76. The van der Waals surface area contributed by atoms with Gasteiger partial charge in [0.25, 0.3) is 0 Å². The number of benzene rings is 1. The van der Waals surface area contributed by atoms with Crippen LogP contribution in [0.15, 0.2) is 34.4 Å². The minimum Gasteiger partial charge on any atom is -0.384 e. The molecule has 2 heterocycles. The van der Waals surface area contributed by atoms with Crippen molar-refractivity contribution in [3.8, 4) is 0 Å². The fourth-order valence-corrected chi connectivity index (χ4v) is 3.15. The summed E-state index contributed by atoms with van der Waals surface area (Å²) in [6.45, 7) is 1.85. The monoisotopic (exact) mass is 286 g/mol. The van der Waals surface area contributed by atoms with Crippen LogP contribution < -0.4 is 5.73 Å². The number of fused-ring (bicyclic) bond motifs is 1. The minimum absolute atomic E-state index is 0.0224. The number of imidazole rings is 1. The number of nitrogens with two attached hydrogens (primary N) is 1. The van der Waals surface area contributed by atoms with Crippen LogP contribution >= 0.6 is 11.8 Å². The molecule has 3 aromatic rings. The molecule has 0 saturated carbocycles. The van der Waals surface area contributed by atoms with Gasteiger partial charge in [0.1, 0.15) is 10.9 Å². The van der Waals surface area contributed by atoms with E-state index in [1.807, 2.05) is 38.2 Å². The van der Waals surface area contributed by atoms with Crippen molar-refractivity contribution in [1.82, 2.24) is 19.7 Å². The zero-order valence-corrected chi connectivity index (χ0v) is 12.0. The molecule has 0 aliphatic carbocycles. The fraction of sp³-hybridized carbons (Fsp3) is 0.154. The Balaban J connectivity index is 2.04. The van der Waals surface area contributed by atoms with Gasteiger partial charge in [0.15, 0.2) is 5.16 Å². The van der Waals surface area contributed by atoms with Crippen LogP contribution in [0.2, 0.25) is 0 Å². The van der Waals surface area contributed by atoms with Crippen LogP contribution in [0, 0.1) is 12.3 Å². The quantitative estimate of drug-likeness (QED) is 0.507. The number of rotatable bonds is 3. The van der Waals surface area contributed by atoms with Crippen LogP contribution in [0.3, 0.4) is 0 Å². The highest BCUT2D eigenvalue weighted by atomic mass is 32.2. The van der Waals surface area contributed by atoms with Crippen LogP contribution in [0.1, 0.15) is 11.3 Å². The Morgan fingerprint density at radius 3 is 2.85 bits per heavy atom. The average Bonchev–Trinajstić information content (AvgIpc) is 2.90. The number of hydrogen-bond donors (Lipinski definition) is 3. The summed E-state index contributed by atoms with van der Waals surface area (Å²) in [5.74, 6) is 0.0224. The SMILES string of the molecule is Cc1nn(C)c(Sc2nc3ccccc3[nH]2)c1C(=N)N. The summed E-state index contributed by atoms with van der Waals surface area (Å²) in [7, 11) is 1.84. The van der Waals surface area contributed by atoms with Gasteiger partial charge in [0.05, 0.1) is 22.3 Å². The van der Waals surface area contributed by atoms with Crippen molar-refractivity contribution in [1.29, 1.82) is 5.41 Å². The minimum atomic E-state index is 0.0224. The Kier molecular flexibility index (Phi) is 2.98. The maximum atomic E-state index is 7.68. The zero-order chi connectivity index (χ0) is 14.3. The number of para-hydroxylation sites is 2. The van der Waals surface area contributed by atoms with Gasteiger partial charge in [-0.1, -0.05) is 12.1 Å². The average molecular weight is 286 g/mol. The molecule has 0 unspecified atom stereocenters. The molecule has 7 heteroatoms. The normalized spacial score (nSPS) is 11.1. The molecular formula is C13H14N6S. The molecule has 102 valence electrons. The summed E-state index contributed by atoms with van der Waals surface area (Å²) in [5, 5.41) is 13.6. The van der Waals surface area contributed by atoms with Crippen molar-refractivity contribution < 1.29 is 0 Å². The van der Waals surface area contributed by atoms with E-state index in [0.717, 1.165) is 26.9 Å². The van der Waals surface area contributed by atoms with Gasteiger partial charge in [0, 0.05) is 7.05 Å². The van der Waals surface area contributed by atoms with Crippen LogP contribution in [0.5, 0.6) is 0 Å². The van der Waals surface area contributed by atoms with Gasteiger partial charge in [-0.05, 0) is 30.8 Å². The van der Waals surface area contributed by atoms with Gasteiger partial charge < -0.3 is 10.7 Å². The smallest absolute Gasteiger partial charge is 0.172 e. The van der Waals surface area contributed by atoms with E-state index in [2.05, 4.69) is 15.1 Å². The summed E-state index contributed by atoms with van der Waals surface area (Å²) >= 11 is 1.43. The standard InChI is InChI=1S/C13H14N6S/c1-7-10(11(14)15)12(19(2)18-7)20-13-16-8-5-3-4-6-9(8)17-13/h3-6H,1-2H3,(H3,14,15)(H,16,17). The molecule has 1 aromatic carbocycles. The summed E-state index contributed by atoms with van der Waals surface area (Å²) in [5.41, 5.74) is 8.96. The number of nitrogen functional groups attached to an aromatic ring is 1. The molecule has 0 amide bonds. The van der Waals surface area contributed by atoms with E-state index in [9.17, 15) is 0 Å². The van der Waals surface area contributed by atoms with Gasteiger partial charge in [-0.25, -0.2) is 4.98 Å². The topological polar surface area (TPSA) is 96.4 Å². The van der Waals surface area contributed by atoms with E-state index < -0.39 is 0 Å². The lowest BCUT2D eigenvalue weighted by Gasteiger charge is -2.02. The summed E-state index contributed by atoms with van der Waals surface area (Å²) < 4.78 is 1.73. The van der Waals surface area contributed by atoms with E-state index >= 15 is 0 Å². The van der Waals surface area contributed by atoms with Gasteiger partial charge in [-0.2, -0.15) is 5.10 Å². The first-order chi connectivity index (χ1) is 9.56. The number of amidine groups is 1. The number of H-pyrrole nitrogens is 1. The number of aryl methyl sites for hydroxylation is 2. The predicted molar refractivity (Wildman–Crippen MR) is 79.2 cm³/mol. The van der Waals surface area contributed by atoms with Crippen molar-refractivity contribution >= 4 is 28.6 Å². The Morgan fingerprint density at radius 2 is 2.15 bits per heavy atom. The van der Waals surface area contributed by atoms with E-state index in [1.165, 1.54) is 11.8 Å². The molecule has 20 heavy (non-hydrogen) atoms. The third-order valence-electron chi connectivity index (χ3n) is 3.00. The third-order valence-corrected chi connectivity index (χ3v) is 4.05. The second kappa shape index (κ2) is 4.68. The molecular weight excluding hydrogens is 272 g/mol. The van der Waals surface area contributed by atoms with Crippen molar-refractivity contribution in [2.45, 2.75) is 17.1 Å². The number of hydrogen-bond acceptors (Lipinski definition) is 4. The van der Waals surface area contributed by atoms with Gasteiger partial charge in [0.2, 0.25) is 0 Å². The molecule has 0 bridgehead atoms. The van der Waals surface area contributed by atoms with Crippen molar-refractivity contribution in [2.24, 2.45) is 12.8 Å². The highest BCUT2D eigenvalue weighted by molar-refractivity contribution is 7.99. The lowest BCUT2D eigenvalue weighted by Crippen LogP contribution is -2.13. The van der Waals surface area contributed by atoms with Crippen molar-refractivity contribution in [3.63, 3.8) is 0 Å². The summed E-state index contributed by atoms with van der Waals surface area (Å²) in [6.07, 6.45) is 0. The Bertz CT molecular complexity index is 767. The highest BCUT2D eigenvalue weighted by Crippen LogP contribution is 2.30. The second-order valence-corrected chi connectivity index (χ2v) is 5.44. The molecule has 0 aliphatic rings. The van der Waals surface area contributed by atoms with Crippen molar-refractivity contribution in [2.75, 3.05) is 0 Å². The van der Waals surface area contributed by atoms with Crippen LogP contribution in [-0.4, -0.2) is 25.6 Å². The number of aromatic nitrogens is 4. The molecule has 0 spiro atoms. The van der Waals surface area contributed by atoms with E-state index in [-0.39, 0.29) is 5.84 Å². The van der Waals surface area contributed by atoms with Gasteiger partial charge >= 0.3 is 0 Å². The second-order valence-electron chi connectivity index (χ2n) is 4.46. The third kappa shape index (κ3) is 2.05. The maximum absolute atomic E-state index is 7.68. The van der Waals surface area contributed by atoms with Gasteiger partial charge in [-0.3, -0.25) is 10.1 Å². The fourth-order valence-electron chi connectivity index (χ4n) is 2.13. The molecule has 0 radical (unpaired) electrons. The molecule has 6 nitrogen and oxygen atoms in total. The Labute approximate surface area is 119 Å². The number of aromatic amines is 1. The molecule has 2 aromatic heterocycles. The first kappa shape index (κ1) is 12.7. The lowest BCUT2D eigenvalue weighted by atomic mass is 10.2. The Hall–Kier alpha value is -2.28. The summed E-state index contributed by atoms with van der Waals surface area (Å²) in [6, 6.07) is 7.85. The van der Waals surface area contributed by atoms with Crippen molar-refractivity contribution in [3.05, 3.63) is 35.5 Å². The van der Waals surface area contributed by atoms with Crippen LogP contribution in [-0.2, 0) is 7.05 Å². The number of nitrogens with one attached hydrogen (secondary N) is 2. The number of nitrogens with zero attached hydrogens (tertiary/aromatic N) is 3.